The van der Waals surface area contributed by atoms with Crippen molar-refractivity contribution in [2.75, 3.05) is 13.2 Å². The lowest BCUT2D eigenvalue weighted by atomic mass is 10.0. The fourth-order valence-corrected chi connectivity index (χ4v) is 1.87. The zero-order chi connectivity index (χ0) is 17.2. The minimum Gasteiger partial charge on any atom is -0.449 e. The molecule has 0 saturated carbocycles. The molecule has 1 aromatic carbocycles. The summed E-state index contributed by atoms with van der Waals surface area (Å²) < 4.78 is 10.4. The summed E-state index contributed by atoms with van der Waals surface area (Å²) in [5.41, 5.74) is 0.946. The van der Waals surface area contributed by atoms with Crippen LogP contribution in [0.2, 0.25) is 0 Å². The van der Waals surface area contributed by atoms with Crippen molar-refractivity contribution in [1.29, 1.82) is 0 Å². The molecule has 2 N–H and O–H groups in total. The van der Waals surface area contributed by atoms with Gasteiger partial charge in [0.05, 0.1) is 5.92 Å². The van der Waals surface area contributed by atoms with Gasteiger partial charge in [-0.05, 0) is 33.3 Å². The highest BCUT2D eigenvalue weighted by atomic mass is 16.6. The summed E-state index contributed by atoms with van der Waals surface area (Å²) in [5, 5.41) is 5.32. The van der Waals surface area contributed by atoms with Gasteiger partial charge in [-0.2, -0.15) is 0 Å². The van der Waals surface area contributed by atoms with E-state index in [1.54, 1.807) is 0 Å². The molecule has 0 heterocycles. The number of rotatable bonds is 7. The van der Waals surface area contributed by atoms with Crippen LogP contribution in [0.25, 0.3) is 0 Å². The molecule has 1 aromatic rings. The van der Waals surface area contributed by atoms with Gasteiger partial charge in [-0.3, -0.25) is 0 Å². The van der Waals surface area contributed by atoms with Crippen molar-refractivity contribution in [2.45, 2.75) is 45.7 Å². The predicted molar refractivity (Wildman–Crippen MR) is 88.4 cm³/mol. The smallest absolute Gasteiger partial charge is 0.407 e. The Morgan fingerprint density at radius 3 is 1.70 bits per heavy atom. The number of carbonyl (C=O) groups is 2. The van der Waals surface area contributed by atoms with Crippen molar-refractivity contribution in [1.82, 2.24) is 10.6 Å². The van der Waals surface area contributed by atoms with E-state index in [4.69, 9.17) is 9.47 Å². The Kier molecular flexibility index (Phi) is 7.94. The van der Waals surface area contributed by atoms with Gasteiger partial charge in [0.25, 0.3) is 0 Å². The van der Waals surface area contributed by atoms with Crippen LogP contribution in [0.3, 0.4) is 0 Å². The lowest BCUT2D eigenvalue weighted by molar-refractivity contribution is 0.104. The van der Waals surface area contributed by atoms with Gasteiger partial charge >= 0.3 is 12.2 Å². The fraction of sp³-hybridized carbons (Fsp3) is 0.529. The summed E-state index contributed by atoms with van der Waals surface area (Å²) in [7, 11) is 0. The Morgan fingerprint density at radius 2 is 1.30 bits per heavy atom. The first-order valence-electron chi connectivity index (χ1n) is 7.80. The van der Waals surface area contributed by atoms with Gasteiger partial charge in [-0.15, -0.1) is 0 Å². The van der Waals surface area contributed by atoms with E-state index in [2.05, 4.69) is 10.6 Å². The summed E-state index contributed by atoms with van der Waals surface area (Å²) in [4.78, 5) is 23.2. The standard InChI is InChI=1S/C17H26N2O4/c1-12(2)18-16(20)22-10-15(14-8-6-5-7-9-14)11-23-17(21)19-13(3)4/h5-9,12-13,15H,10-11H2,1-4H3,(H,18,20)(H,19,21). The maximum absolute atomic E-state index is 11.6. The minimum atomic E-state index is -0.479. The van der Waals surface area contributed by atoms with Crippen LogP contribution in [0.4, 0.5) is 9.59 Å². The Bertz CT molecular complexity index is 463. The van der Waals surface area contributed by atoms with E-state index in [0.29, 0.717) is 0 Å². The van der Waals surface area contributed by atoms with Crippen LogP contribution in [0.1, 0.15) is 39.2 Å². The van der Waals surface area contributed by atoms with E-state index in [1.807, 2.05) is 58.0 Å². The molecule has 2 amide bonds. The van der Waals surface area contributed by atoms with Gasteiger partial charge < -0.3 is 20.1 Å². The highest BCUT2D eigenvalue weighted by Crippen LogP contribution is 2.16. The lowest BCUT2D eigenvalue weighted by Crippen LogP contribution is -2.34. The van der Waals surface area contributed by atoms with Crippen LogP contribution in [0.5, 0.6) is 0 Å². The molecule has 6 nitrogen and oxygen atoms in total. The first kappa shape index (κ1) is 18.8. The summed E-state index contributed by atoms with van der Waals surface area (Å²) >= 11 is 0. The second-order valence-electron chi connectivity index (χ2n) is 5.90. The normalized spacial score (nSPS) is 10.7. The van der Waals surface area contributed by atoms with Crippen LogP contribution in [0.15, 0.2) is 30.3 Å². The molecule has 23 heavy (non-hydrogen) atoms. The lowest BCUT2D eigenvalue weighted by Gasteiger charge is -2.19. The number of nitrogens with one attached hydrogen (secondary N) is 2. The van der Waals surface area contributed by atoms with Gasteiger partial charge in [0.2, 0.25) is 0 Å². The first-order valence-corrected chi connectivity index (χ1v) is 7.80. The quantitative estimate of drug-likeness (QED) is 0.809. The van der Waals surface area contributed by atoms with Crippen LogP contribution in [-0.2, 0) is 9.47 Å². The summed E-state index contributed by atoms with van der Waals surface area (Å²) in [6.07, 6.45) is -0.958. The second-order valence-corrected chi connectivity index (χ2v) is 5.90. The van der Waals surface area contributed by atoms with E-state index in [9.17, 15) is 9.59 Å². The van der Waals surface area contributed by atoms with Crippen LogP contribution in [-0.4, -0.2) is 37.5 Å². The number of alkyl carbamates (subject to hydrolysis) is 2. The van der Waals surface area contributed by atoms with Gasteiger partial charge in [0.15, 0.2) is 0 Å². The van der Waals surface area contributed by atoms with Gasteiger partial charge in [-0.25, -0.2) is 9.59 Å². The summed E-state index contributed by atoms with van der Waals surface area (Å²) in [5.74, 6) is -0.216. The molecule has 0 aliphatic carbocycles. The van der Waals surface area contributed by atoms with E-state index in [1.165, 1.54) is 0 Å². The average Bonchev–Trinajstić information content (AvgIpc) is 2.46. The average molecular weight is 322 g/mol. The third-order valence-corrected chi connectivity index (χ3v) is 2.92. The number of amides is 2. The van der Waals surface area contributed by atoms with Crippen LogP contribution >= 0.6 is 0 Å². The Balaban J connectivity index is 2.60. The highest BCUT2D eigenvalue weighted by Gasteiger charge is 2.17. The Hall–Kier alpha value is -2.24. The molecule has 0 unspecified atom stereocenters. The molecule has 0 atom stereocenters. The minimum absolute atomic E-state index is 0.00532. The number of carbonyl (C=O) groups excluding carboxylic acids is 2. The SMILES string of the molecule is CC(C)NC(=O)OCC(COC(=O)NC(C)C)c1ccccc1. The number of hydrogen-bond donors (Lipinski definition) is 2. The molecule has 6 heteroatoms. The van der Waals surface area contributed by atoms with Crippen molar-refractivity contribution in [2.24, 2.45) is 0 Å². The molecule has 0 aliphatic heterocycles. The molecule has 1 rings (SSSR count). The van der Waals surface area contributed by atoms with E-state index in [0.717, 1.165) is 5.56 Å². The number of ether oxygens (including phenoxy) is 2. The van der Waals surface area contributed by atoms with Crippen LogP contribution in [0, 0.1) is 0 Å². The maximum Gasteiger partial charge on any atom is 0.407 e. The number of benzene rings is 1. The molecule has 0 spiro atoms. The first-order chi connectivity index (χ1) is 10.9. The molecule has 128 valence electrons. The predicted octanol–water partition coefficient (Wildman–Crippen LogP) is 3.04. The second kappa shape index (κ2) is 9.71. The maximum atomic E-state index is 11.6. The molecular weight excluding hydrogens is 296 g/mol. The topological polar surface area (TPSA) is 76.7 Å². The molecule has 0 saturated heterocycles. The van der Waals surface area contributed by atoms with Crippen molar-refractivity contribution in [3.63, 3.8) is 0 Å². The molecule has 0 radical (unpaired) electrons. The van der Waals surface area contributed by atoms with Crippen LogP contribution < -0.4 is 10.6 Å². The van der Waals surface area contributed by atoms with E-state index >= 15 is 0 Å². The fourth-order valence-electron chi connectivity index (χ4n) is 1.87. The molecule has 0 aliphatic rings. The largest absolute Gasteiger partial charge is 0.449 e. The summed E-state index contributed by atoms with van der Waals surface area (Å²) in [6, 6.07) is 9.53. The van der Waals surface area contributed by atoms with E-state index < -0.39 is 12.2 Å². The number of hydrogen-bond acceptors (Lipinski definition) is 4. The molecule has 0 bridgehead atoms. The molecule has 0 fully saturated rings. The zero-order valence-corrected chi connectivity index (χ0v) is 14.2. The van der Waals surface area contributed by atoms with Crippen molar-refractivity contribution in [3.8, 4) is 0 Å². The third kappa shape index (κ3) is 8.09. The monoisotopic (exact) mass is 322 g/mol. The molecule has 0 aromatic heterocycles. The van der Waals surface area contributed by atoms with Gasteiger partial charge in [-0.1, -0.05) is 30.3 Å². The Morgan fingerprint density at radius 1 is 0.870 bits per heavy atom. The zero-order valence-electron chi connectivity index (χ0n) is 14.2. The third-order valence-electron chi connectivity index (χ3n) is 2.92. The Labute approximate surface area is 137 Å². The van der Waals surface area contributed by atoms with Crippen molar-refractivity contribution >= 4 is 12.2 Å². The van der Waals surface area contributed by atoms with Crippen molar-refractivity contribution in [3.05, 3.63) is 35.9 Å². The molecular formula is C17H26N2O4. The van der Waals surface area contributed by atoms with E-state index in [-0.39, 0.29) is 31.2 Å². The summed E-state index contributed by atoms with van der Waals surface area (Å²) in [6.45, 7) is 7.70. The van der Waals surface area contributed by atoms with Crippen molar-refractivity contribution < 1.29 is 19.1 Å². The van der Waals surface area contributed by atoms with Gasteiger partial charge in [0.1, 0.15) is 13.2 Å². The highest BCUT2D eigenvalue weighted by molar-refractivity contribution is 5.68. The van der Waals surface area contributed by atoms with Gasteiger partial charge in [0, 0.05) is 12.1 Å².